The van der Waals surface area contributed by atoms with Gasteiger partial charge >= 0.3 is 0 Å². The quantitative estimate of drug-likeness (QED) is 0.735. The van der Waals surface area contributed by atoms with Crippen molar-refractivity contribution in [1.29, 1.82) is 0 Å². The van der Waals surface area contributed by atoms with Crippen LogP contribution in [-0.4, -0.2) is 79.7 Å². The van der Waals surface area contributed by atoms with Crippen LogP contribution in [0.3, 0.4) is 0 Å². The van der Waals surface area contributed by atoms with Crippen molar-refractivity contribution in [2.24, 2.45) is 0 Å². The fraction of sp³-hybridized carbons (Fsp3) is 0.929. The molecule has 2 aliphatic heterocycles. The highest BCUT2D eigenvalue weighted by Gasteiger charge is 2.33. The van der Waals surface area contributed by atoms with Crippen LogP contribution in [0.15, 0.2) is 0 Å². The highest BCUT2D eigenvalue weighted by Crippen LogP contribution is 2.17. The summed E-state index contributed by atoms with van der Waals surface area (Å²) in [6, 6.07) is 0.185. The van der Waals surface area contributed by atoms with E-state index in [1.807, 2.05) is 18.7 Å². The maximum atomic E-state index is 12.5. The molecule has 0 aliphatic carbocycles. The Morgan fingerprint density at radius 2 is 1.59 bits per heavy atom. The summed E-state index contributed by atoms with van der Waals surface area (Å²) in [7, 11) is -3.30. The summed E-state index contributed by atoms with van der Waals surface area (Å²) in [5.41, 5.74) is 0. The lowest BCUT2D eigenvalue weighted by molar-refractivity contribution is -0.123. The molecule has 0 bridgehead atoms. The summed E-state index contributed by atoms with van der Waals surface area (Å²) in [5, 5.41) is 2.94. The number of nitrogens with zero attached hydrogens (tertiary/aromatic N) is 3. The van der Waals surface area contributed by atoms with Crippen LogP contribution in [0.2, 0.25) is 0 Å². The van der Waals surface area contributed by atoms with E-state index in [-0.39, 0.29) is 11.9 Å². The average molecular weight is 332 g/mol. The Hall–Kier alpha value is -0.700. The molecule has 8 heteroatoms. The molecule has 2 saturated heterocycles. The number of amides is 1. The minimum Gasteiger partial charge on any atom is -0.353 e. The second-order valence-electron chi connectivity index (χ2n) is 6.17. The van der Waals surface area contributed by atoms with Crippen molar-refractivity contribution >= 4 is 16.1 Å². The van der Waals surface area contributed by atoms with Gasteiger partial charge < -0.3 is 5.32 Å². The molecule has 2 aliphatic rings. The van der Waals surface area contributed by atoms with E-state index in [9.17, 15) is 13.2 Å². The first-order valence-corrected chi connectivity index (χ1v) is 9.60. The molecular weight excluding hydrogens is 304 g/mol. The van der Waals surface area contributed by atoms with Crippen molar-refractivity contribution in [3.8, 4) is 0 Å². The van der Waals surface area contributed by atoms with E-state index < -0.39 is 10.2 Å². The summed E-state index contributed by atoms with van der Waals surface area (Å²) < 4.78 is 28.0. The van der Waals surface area contributed by atoms with Crippen LogP contribution in [0.5, 0.6) is 0 Å². The van der Waals surface area contributed by atoms with Gasteiger partial charge in [0.05, 0.1) is 6.54 Å². The van der Waals surface area contributed by atoms with Crippen LogP contribution in [0.25, 0.3) is 0 Å². The number of hydrogen-bond acceptors (Lipinski definition) is 4. The third-order valence-corrected chi connectivity index (χ3v) is 6.47. The van der Waals surface area contributed by atoms with Crippen molar-refractivity contribution in [3.05, 3.63) is 0 Å². The monoisotopic (exact) mass is 332 g/mol. The molecule has 0 unspecified atom stereocenters. The fourth-order valence-electron chi connectivity index (χ4n) is 2.83. The van der Waals surface area contributed by atoms with E-state index in [1.54, 1.807) is 8.61 Å². The van der Waals surface area contributed by atoms with E-state index in [2.05, 4.69) is 5.32 Å². The van der Waals surface area contributed by atoms with Gasteiger partial charge in [-0.05, 0) is 26.2 Å². The Labute approximate surface area is 133 Å². The van der Waals surface area contributed by atoms with Gasteiger partial charge in [-0.3, -0.25) is 9.69 Å². The first-order valence-electron chi connectivity index (χ1n) is 8.20. The molecule has 1 N–H and O–H groups in total. The number of nitrogens with one attached hydrogen (secondary N) is 1. The molecule has 7 nitrogen and oxygen atoms in total. The molecule has 0 radical (unpaired) electrons. The zero-order valence-corrected chi connectivity index (χ0v) is 14.4. The molecule has 128 valence electrons. The lowest BCUT2D eigenvalue weighted by Gasteiger charge is -2.35. The molecule has 22 heavy (non-hydrogen) atoms. The summed E-state index contributed by atoms with van der Waals surface area (Å²) >= 11 is 0. The van der Waals surface area contributed by atoms with Crippen molar-refractivity contribution in [1.82, 2.24) is 18.8 Å². The van der Waals surface area contributed by atoms with Gasteiger partial charge in [0.2, 0.25) is 5.91 Å². The lowest BCUT2D eigenvalue weighted by atomic mass is 10.2. The molecule has 1 atom stereocenters. The average Bonchev–Trinajstić information content (AvgIpc) is 3.02. The predicted molar refractivity (Wildman–Crippen MR) is 85.6 cm³/mol. The van der Waals surface area contributed by atoms with E-state index in [0.717, 1.165) is 19.3 Å². The number of rotatable bonds is 6. The largest absolute Gasteiger partial charge is 0.353 e. The van der Waals surface area contributed by atoms with Crippen LogP contribution in [0.4, 0.5) is 0 Å². The summed E-state index contributed by atoms with van der Waals surface area (Å²) in [5.74, 6) is 0.0187. The molecule has 0 aromatic carbocycles. The zero-order chi connectivity index (χ0) is 16.2. The molecule has 2 rings (SSSR count). The van der Waals surface area contributed by atoms with E-state index in [0.29, 0.717) is 45.8 Å². The number of piperazine rings is 1. The first-order chi connectivity index (χ1) is 10.4. The van der Waals surface area contributed by atoms with Gasteiger partial charge in [0.1, 0.15) is 0 Å². The van der Waals surface area contributed by atoms with Crippen molar-refractivity contribution < 1.29 is 13.2 Å². The van der Waals surface area contributed by atoms with E-state index in [1.165, 1.54) is 0 Å². The van der Waals surface area contributed by atoms with E-state index >= 15 is 0 Å². The Kier molecular flexibility index (Phi) is 6.19. The third kappa shape index (κ3) is 4.41. The van der Waals surface area contributed by atoms with Gasteiger partial charge in [-0.2, -0.15) is 17.0 Å². The Balaban J connectivity index is 1.79. The predicted octanol–water partition coefficient (Wildman–Crippen LogP) is -0.141. The maximum absolute atomic E-state index is 12.5. The van der Waals surface area contributed by atoms with Crippen molar-refractivity contribution in [3.63, 3.8) is 0 Å². The molecule has 0 saturated carbocycles. The van der Waals surface area contributed by atoms with Crippen LogP contribution in [0, 0.1) is 0 Å². The standard InChI is InChI=1S/C14H28N4O3S/c1-3-13(2)15-14(19)12-16-8-10-18(11-9-16)22(20,21)17-6-4-5-7-17/h13H,3-12H2,1-2H3,(H,15,19)/t13-/m0/s1. The Bertz CT molecular complexity index is 468. The second kappa shape index (κ2) is 7.72. The van der Waals surface area contributed by atoms with Gasteiger partial charge in [-0.1, -0.05) is 6.92 Å². The van der Waals surface area contributed by atoms with Gasteiger partial charge in [0.15, 0.2) is 0 Å². The molecule has 0 aromatic rings. The van der Waals surface area contributed by atoms with Gasteiger partial charge in [0, 0.05) is 45.3 Å². The maximum Gasteiger partial charge on any atom is 0.282 e. The second-order valence-corrected chi connectivity index (χ2v) is 8.09. The summed E-state index contributed by atoms with van der Waals surface area (Å²) in [6.07, 6.45) is 2.82. The molecule has 1 amide bonds. The smallest absolute Gasteiger partial charge is 0.282 e. The van der Waals surface area contributed by atoms with Crippen LogP contribution < -0.4 is 5.32 Å². The highest BCUT2D eigenvalue weighted by atomic mass is 32.2. The summed E-state index contributed by atoms with van der Waals surface area (Å²) in [4.78, 5) is 13.9. The van der Waals surface area contributed by atoms with Crippen molar-refractivity contribution in [2.45, 2.75) is 39.2 Å². The number of hydrogen-bond donors (Lipinski definition) is 1. The highest BCUT2D eigenvalue weighted by molar-refractivity contribution is 7.86. The Morgan fingerprint density at radius 3 is 2.14 bits per heavy atom. The van der Waals surface area contributed by atoms with E-state index in [4.69, 9.17) is 0 Å². The fourth-order valence-corrected chi connectivity index (χ4v) is 4.50. The normalized spacial score (nSPS) is 23.5. The topological polar surface area (TPSA) is 73.0 Å². The number of carbonyl (C=O) groups is 1. The van der Waals surface area contributed by atoms with Gasteiger partial charge in [0.25, 0.3) is 10.2 Å². The van der Waals surface area contributed by atoms with Crippen LogP contribution in [-0.2, 0) is 15.0 Å². The number of carbonyl (C=O) groups excluding carboxylic acids is 1. The van der Waals surface area contributed by atoms with Crippen LogP contribution in [0.1, 0.15) is 33.1 Å². The first kappa shape index (κ1) is 17.7. The molecular formula is C14H28N4O3S. The summed E-state index contributed by atoms with van der Waals surface area (Å²) in [6.45, 7) is 7.81. The molecule has 2 fully saturated rings. The minimum absolute atomic E-state index is 0.0187. The molecule has 2 heterocycles. The molecule has 0 aromatic heterocycles. The van der Waals surface area contributed by atoms with Crippen molar-refractivity contribution in [2.75, 3.05) is 45.8 Å². The zero-order valence-electron chi connectivity index (χ0n) is 13.6. The van der Waals surface area contributed by atoms with Gasteiger partial charge in [-0.15, -0.1) is 0 Å². The third-order valence-electron chi connectivity index (χ3n) is 4.44. The molecule has 0 spiro atoms. The Morgan fingerprint density at radius 1 is 1.05 bits per heavy atom. The van der Waals surface area contributed by atoms with Gasteiger partial charge in [-0.25, -0.2) is 0 Å². The van der Waals surface area contributed by atoms with Crippen LogP contribution >= 0.6 is 0 Å². The lowest BCUT2D eigenvalue weighted by Crippen LogP contribution is -2.54. The minimum atomic E-state index is -3.30. The SMILES string of the molecule is CC[C@H](C)NC(=O)CN1CCN(S(=O)(=O)N2CCCC2)CC1.